The van der Waals surface area contributed by atoms with Gasteiger partial charge in [-0.1, -0.05) is 26.7 Å². The zero-order valence-electron chi connectivity index (χ0n) is 11.3. The molecule has 1 aliphatic rings. The van der Waals surface area contributed by atoms with Crippen LogP contribution in [0.2, 0.25) is 0 Å². The monoisotopic (exact) mass is 256 g/mol. The molecule has 1 atom stereocenters. The lowest BCUT2D eigenvalue weighted by Crippen LogP contribution is -2.48. The Kier molecular flexibility index (Phi) is 5.44. The molecule has 0 spiro atoms. The molecule has 18 heavy (non-hydrogen) atoms. The van der Waals surface area contributed by atoms with Gasteiger partial charge in [0.05, 0.1) is 0 Å². The van der Waals surface area contributed by atoms with Crippen LogP contribution in [0.5, 0.6) is 0 Å². The van der Waals surface area contributed by atoms with Gasteiger partial charge in [-0.15, -0.1) is 0 Å². The van der Waals surface area contributed by atoms with Crippen molar-refractivity contribution in [3.63, 3.8) is 0 Å². The largest absolute Gasteiger partial charge is 0.480 e. The van der Waals surface area contributed by atoms with Gasteiger partial charge in [-0.3, -0.25) is 0 Å². The van der Waals surface area contributed by atoms with E-state index >= 15 is 0 Å². The van der Waals surface area contributed by atoms with Crippen molar-refractivity contribution in [3.8, 4) is 0 Å². The van der Waals surface area contributed by atoms with Gasteiger partial charge in [0.1, 0.15) is 6.04 Å². The first-order chi connectivity index (χ1) is 8.53. The molecule has 0 aromatic heterocycles. The Bertz CT molecular complexity index is 299. The predicted octanol–water partition coefficient (Wildman–Crippen LogP) is 2.12. The maximum Gasteiger partial charge on any atom is 0.326 e. The third-order valence-electron chi connectivity index (χ3n) is 4.05. The van der Waals surface area contributed by atoms with Gasteiger partial charge in [-0.25, -0.2) is 9.59 Å². The van der Waals surface area contributed by atoms with E-state index in [-0.39, 0.29) is 11.4 Å². The number of carbonyl (C=O) groups excluding carboxylic acids is 1. The van der Waals surface area contributed by atoms with Crippen molar-refractivity contribution in [2.75, 3.05) is 6.54 Å². The van der Waals surface area contributed by atoms with E-state index in [9.17, 15) is 9.59 Å². The van der Waals surface area contributed by atoms with Gasteiger partial charge in [-0.2, -0.15) is 0 Å². The fourth-order valence-corrected chi connectivity index (χ4v) is 2.60. The van der Waals surface area contributed by atoms with Gasteiger partial charge in [0.2, 0.25) is 0 Å². The maximum absolute atomic E-state index is 11.6. The Morgan fingerprint density at radius 3 is 2.33 bits per heavy atom. The lowest BCUT2D eigenvalue weighted by molar-refractivity contribution is -0.139. The SMILES string of the molecule is CC[C@@H](NC(=O)NCC1(CC)CCCC1)C(=O)O. The number of hydrogen-bond donors (Lipinski definition) is 3. The molecule has 1 saturated carbocycles. The molecule has 0 radical (unpaired) electrons. The first kappa shape index (κ1) is 14.8. The molecule has 0 heterocycles. The van der Waals surface area contributed by atoms with Gasteiger partial charge in [-0.05, 0) is 31.1 Å². The standard InChI is InChI=1S/C13H24N2O3/c1-3-10(11(16)17)15-12(18)14-9-13(4-2)7-5-6-8-13/h10H,3-9H2,1-2H3,(H,16,17)(H2,14,15,18)/t10-/m1/s1. The van der Waals surface area contributed by atoms with E-state index in [1.54, 1.807) is 6.92 Å². The van der Waals surface area contributed by atoms with Crippen LogP contribution in [-0.4, -0.2) is 29.7 Å². The molecule has 0 unspecified atom stereocenters. The van der Waals surface area contributed by atoms with E-state index in [1.807, 2.05) is 0 Å². The average molecular weight is 256 g/mol. The third-order valence-corrected chi connectivity index (χ3v) is 4.05. The summed E-state index contributed by atoms with van der Waals surface area (Å²) < 4.78 is 0. The smallest absolute Gasteiger partial charge is 0.326 e. The minimum atomic E-state index is -0.987. The quantitative estimate of drug-likeness (QED) is 0.681. The lowest BCUT2D eigenvalue weighted by atomic mass is 9.83. The van der Waals surface area contributed by atoms with Crippen molar-refractivity contribution in [1.29, 1.82) is 0 Å². The summed E-state index contributed by atoms with van der Waals surface area (Å²) in [4.78, 5) is 22.4. The van der Waals surface area contributed by atoms with Crippen molar-refractivity contribution < 1.29 is 14.7 Å². The van der Waals surface area contributed by atoms with Crippen molar-refractivity contribution in [2.45, 2.75) is 58.4 Å². The van der Waals surface area contributed by atoms with E-state index in [4.69, 9.17) is 5.11 Å². The molecule has 3 N–H and O–H groups in total. The van der Waals surface area contributed by atoms with Crippen LogP contribution in [0.25, 0.3) is 0 Å². The summed E-state index contributed by atoms with van der Waals surface area (Å²) >= 11 is 0. The number of carbonyl (C=O) groups is 2. The van der Waals surface area contributed by atoms with Gasteiger partial charge in [0.15, 0.2) is 0 Å². The molecule has 2 amide bonds. The second kappa shape index (κ2) is 6.61. The summed E-state index contributed by atoms with van der Waals surface area (Å²) in [5.41, 5.74) is 0.224. The molecule has 0 aromatic carbocycles. The number of amides is 2. The summed E-state index contributed by atoms with van der Waals surface area (Å²) in [5.74, 6) is -0.987. The first-order valence-electron chi connectivity index (χ1n) is 6.80. The third kappa shape index (κ3) is 3.89. The number of hydrogen-bond acceptors (Lipinski definition) is 2. The van der Waals surface area contributed by atoms with Crippen LogP contribution in [-0.2, 0) is 4.79 Å². The fraction of sp³-hybridized carbons (Fsp3) is 0.846. The predicted molar refractivity (Wildman–Crippen MR) is 69.4 cm³/mol. The molecule has 5 heteroatoms. The highest BCUT2D eigenvalue weighted by molar-refractivity contribution is 5.82. The Balaban J connectivity index is 2.38. The molecule has 0 bridgehead atoms. The van der Waals surface area contributed by atoms with Crippen LogP contribution < -0.4 is 10.6 Å². The molecule has 1 fully saturated rings. The van der Waals surface area contributed by atoms with Crippen LogP contribution in [0.4, 0.5) is 4.79 Å². The highest BCUT2D eigenvalue weighted by Gasteiger charge is 2.32. The minimum absolute atomic E-state index is 0.224. The van der Waals surface area contributed by atoms with Gasteiger partial charge < -0.3 is 15.7 Å². The molecule has 0 saturated heterocycles. The van der Waals surface area contributed by atoms with Crippen molar-refractivity contribution in [1.82, 2.24) is 10.6 Å². The summed E-state index contributed by atoms with van der Waals surface area (Å²) in [7, 11) is 0. The Morgan fingerprint density at radius 1 is 1.28 bits per heavy atom. The zero-order chi connectivity index (χ0) is 13.6. The van der Waals surface area contributed by atoms with Crippen molar-refractivity contribution in [3.05, 3.63) is 0 Å². The fourth-order valence-electron chi connectivity index (χ4n) is 2.60. The van der Waals surface area contributed by atoms with E-state index in [0.717, 1.165) is 19.3 Å². The molecule has 1 aliphatic carbocycles. The summed E-state index contributed by atoms with van der Waals surface area (Å²) in [6.07, 6.45) is 6.21. The summed E-state index contributed by atoms with van der Waals surface area (Å²) in [6.45, 7) is 4.53. The highest BCUT2D eigenvalue weighted by Crippen LogP contribution is 2.40. The second-order valence-corrected chi connectivity index (χ2v) is 5.19. The Hall–Kier alpha value is -1.26. The van der Waals surface area contributed by atoms with Crippen LogP contribution in [0, 0.1) is 5.41 Å². The normalized spacial score (nSPS) is 19.2. The molecule has 104 valence electrons. The number of rotatable bonds is 6. The van der Waals surface area contributed by atoms with E-state index in [0.29, 0.717) is 13.0 Å². The number of urea groups is 1. The van der Waals surface area contributed by atoms with Crippen LogP contribution >= 0.6 is 0 Å². The highest BCUT2D eigenvalue weighted by atomic mass is 16.4. The van der Waals surface area contributed by atoms with Gasteiger partial charge >= 0.3 is 12.0 Å². The van der Waals surface area contributed by atoms with E-state index in [1.165, 1.54) is 12.8 Å². The molecule has 0 aromatic rings. The topological polar surface area (TPSA) is 78.4 Å². The Morgan fingerprint density at radius 2 is 1.89 bits per heavy atom. The van der Waals surface area contributed by atoms with Crippen LogP contribution in [0.15, 0.2) is 0 Å². The van der Waals surface area contributed by atoms with Crippen LogP contribution in [0.1, 0.15) is 52.4 Å². The molecule has 1 rings (SSSR count). The second-order valence-electron chi connectivity index (χ2n) is 5.19. The van der Waals surface area contributed by atoms with Crippen molar-refractivity contribution >= 4 is 12.0 Å². The minimum Gasteiger partial charge on any atom is -0.480 e. The maximum atomic E-state index is 11.6. The summed E-state index contributed by atoms with van der Waals surface area (Å²) in [5, 5.41) is 14.2. The van der Waals surface area contributed by atoms with E-state index in [2.05, 4.69) is 17.6 Å². The molecule has 0 aliphatic heterocycles. The number of aliphatic carboxylic acids is 1. The Labute approximate surface area is 108 Å². The summed E-state index contributed by atoms with van der Waals surface area (Å²) in [6, 6.07) is -1.17. The molecular weight excluding hydrogens is 232 g/mol. The molecular formula is C13H24N2O3. The van der Waals surface area contributed by atoms with Crippen molar-refractivity contribution in [2.24, 2.45) is 5.41 Å². The van der Waals surface area contributed by atoms with Gasteiger partial charge in [0.25, 0.3) is 0 Å². The average Bonchev–Trinajstić information content (AvgIpc) is 2.82. The molecule has 5 nitrogen and oxygen atoms in total. The first-order valence-corrected chi connectivity index (χ1v) is 6.80. The van der Waals surface area contributed by atoms with Crippen LogP contribution in [0.3, 0.4) is 0 Å². The van der Waals surface area contributed by atoms with E-state index < -0.39 is 12.0 Å². The zero-order valence-corrected chi connectivity index (χ0v) is 11.3. The lowest BCUT2D eigenvalue weighted by Gasteiger charge is -2.28. The number of carboxylic acid groups (broad SMARTS) is 1. The van der Waals surface area contributed by atoms with Gasteiger partial charge in [0, 0.05) is 6.54 Å². The number of nitrogens with one attached hydrogen (secondary N) is 2. The number of carboxylic acids is 1.